The van der Waals surface area contributed by atoms with Crippen molar-refractivity contribution < 1.29 is 4.92 Å². The smallest absolute Gasteiger partial charge is 0.269 e. The van der Waals surface area contributed by atoms with Gasteiger partial charge < -0.3 is 5.32 Å². The highest BCUT2D eigenvalue weighted by Gasteiger charge is 2.14. The second kappa shape index (κ2) is 6.15. The number of non-ortho nitro benzene ring substituents is 1. The van der Waals surface area contributed by atoms with Crippen LogP contribution < -0.4 is 5.32 Å². The first-order valence-electron chi connectivity index (χ1n) is 5.71. The van der Waals surface area contributed by atoms with E-state index in [2.05, 4.69) is 11.9 Å². The summed E-state index contributed by atoms with van der Waals surface area (Å²) in [4.78, 5) is 10.3. The van der Waals surface area contributed by atoms with Crippen molar-refractivity contribution in [2.24, 2.45) is 0 Å². The Morgan fingerprint density at radius 1 is 1.59 bits per heavy atom. The molecule has 2 atom stereocenters. The van der Waals surface area contributed by atoms with Gasteiger partial charge in [0, 0.05) is 24.2 Å². The third-order valence-corrected chi connectivity index (χ3v) is 2.71. The molecule has 92 valence electrons. The normalized spacial score (nSPS) is 14.0. The summed E-state index contributed by atoms with van der Waals surface area (Å²) in [6.45, 7) is 7.77. The minimum atomic E-state index is -0.368. The maximum Gasteiger partial charge on any atom is 0.269 e. The van der Waals surface area contributed by atoms with Gasteiger partial charge in [-0.1, -0.05) is 25.1 Å². The monoisotopic (exact) mass is 234 g/mol. The Morgan fingerprint density at radius 3 is 2.82 bits per heavy atom. The van der Waals surface area contributed by atoms with Crippen molar-refractivity contribution in [2.75, 3.05) is 0 Å². The molecule has 1 rings (SSSR count). The summed E-state index contributed by atoms with van der Waals surface area (Å²) in [7, 11) is 0. The molecule has 1 aromatic rings. The summed E-state index contributed by atoms with van der Waals surface area (Å²) in [6.07, 6.45) is 2.69. The third kappa shape index (κ3) is 3.67. The summed E-state index contributed by atoms with van der Waals surface area (Å²) in [5.74, 6) is 0. The molecule has 0 aliphatic heterocycles. The van der Waals surface area contributed by atoms with Crippen molar-refractivity contribution in [1.29, 1.82) is 0 Å². The average Bonchev–Trinajstić information content (AvgIpc) is 2.35. The fourth-order valence-corrected chi connectivity index (χ4v) is 1.69. The molecule has 0 radical (unpaired) electrons. The van der Waals surface area contributed by atoms with E-state index in [1.165, 1.54) is 6.07 Å². The first-order valence-corrected chi connectivity index (χ1v) is 5.71. The topological polar surface area (TPSA) is 55.2 Å². The van der Waals surface area contributed by atoms with Crippen LogP contribution in [0.15, 0.2) is 36.9 Å². The van der Waals surface area contributed by atoms with Gasteiger partial charge >= 0.3 is 0 Å². The highest BCUT2D eigenvalue weighted by atomic mass is 16.6. The summed E-state index contributed by atoms with van der Waals surface area (Å²) in [5.41, 5.74) is 1.07. The van der Waals surface area contributed by atoms with E-state index in [4.69, 9.17) is 0 Å². The minimum absolute atomic E-state index is 0.114. The standard InChI is InChI=1S/C13H18N2O2/c1-4-10(3)14-13(5-2)11-7-6-8-12(9-11)15(16)17/h4,6-10,13-14H,1,5H2,2-3H3. The second-order valence-corrected chi connectivity index (χ2v) is 4.00. The largest absolute Gasteiger partial charge is 0.304 e. The minimum Gasteiger partial charge on any atom is -0.304 e. The highest BCUT2D eigenvalue weighted by Crippen LogP contribution is 2.22. The summed E-state index contributed by atoms with van der Waals surface area (Å²) >= 11 is 0. The number of rotatable bonds is 6. The van der Waals surface area contributed by atoms with E-state index in [1.807, 2.05) is 26.0 Å². The maximum atomic E-state index is 10.7. The molecule has 0 heterocycles. The number of benzene rings is 1. The number of hydrogen-bond donors (Lipinski definition) is 1. The molecule has 4 nitrogen and oxygen atoms in total. The Morgan fingerprint density at radius 2 is 2.29 bits per heavy atom. The van der Waals surface area contributed by atoms with Crippen molar-refractivity contribution in [3.8, 4) is 0 Å². The van der Waals surface area contributed by atoms with Gasteiger partial charge in [0.25, 0.3) is 5.69 Å². The Balaban J connectivity index is 2.91. The Bertz CT molecular complexity index is 404. The van der Waals surface area contributed by atoms with Crippen molar-refractivity contribution in [3.05, 3.63) is 52.6 Å². The fourth-order valence-electron chi connectivity index (χ4n) is 1.69. The lowest BCUT2D eigenvalue weighted by molar-refractivity contribution is -0.384. The molecular weight excluding hydrogens is 216 g/mol. The van der Waals surface area contributed by atoms with Crippen LogP contribution in [-0.2, 0) is 0 Å². The molecule has 2 unspecified atom stereocenters. The molecule has 1 aromatic carbocycles. The van der Waals surface area contributed by atoms with Crippen LogP contribution in [-0.4, -0.2) is 11.0 Å². The van der Waals surface area contributed by atoms with E-state index in [9.17, 15) is 10.1 Å². The maximum absolute atomic E-state index is 10.7. The fraction of sp³-hybridized carbons (Fsp3) is 0.385. The van der Waals surface area contributed by atoms with Gasteiger partial charge in [-0.05, 0) is 18.9 Å². The van der Waals surface area contributed by atoms with Crippen LogP contribution in [0.2, 0.25) is 0 Å². The van der Waals surface area contributed by atoms with Crippen LogP contribution in [0.3, 0.4) is 0 Å². The molecule has 0 fully saturated rings. The molecule has 17 heavy (non-hydrogen) atoms. The van der Waals surface area contributed by atoms with Gasteiger partial charge in [0.05, 0.1) is 4.92 Å². The van der Waals surface area contributed by atoms with Gasteiger partial charge in [-0.25, -0.2) is 0 Å². The van der Waals surface area contributed by atoms with Crippen molar-refractivity contribution >= 4 is 5.69 Å². The van der Waals surface area contributed by atoms with E-state index in [1.54, 1.807) is 12.1 Å². The summed E-state index contributed by atoms with van der Waals surface area (Å²) < 4.78 is 0. The zero-order valence-corrected chi connectivity index (χ0v) is 10.2. The van der Waals surface area contributed by atoms with Gasteiger partial charge in [0.1, 0.15) is 0 Å². The van der Waals surface area contributed by atoms with Gasteiger partial charge in [-0.15, -0.1) is 6.58 Å². The van der Waals surface area contributed by atoms with E-state index in [0.717, 1.165) is 12.0 Å². The van der Waals surface area contributed by atoms with E-state index in [0.29, 0.717) is 0 Å². The molecule has 0 saturated heterocycles. The molecular formula is C13H18N2O2. The Kier molecular flexibility index (Phi) is 4.84. The van der Waals surface area contributed by atoms with Crippen molar-refractivity contribution in [1.82, 2.24) is 5.32 Å². The van der Waals surface area contributed by atoms with Crippen LogP contribution in [0.1, 0.15) is 31.9 Å². The van der Waals surface area contributed by atoms with Crippen molar-refractivity contribution in [2.45, 2.75) is 32.4 Å². The number of nitro groups is 1. The lowest BCUT2D eigenvalue weighted by atomic mass is 10.0. The molecule has 1 N–H and O–H groups in total. The number of nitro benzene ring substituents is 1. The molecule has 0 aliphatic rings. The first kappa shape index (κ1) is 13.4. The molecule has 0 saturated carbocycles. The van der Waals surface area contributed by atoms with Crippen LogP contribution in [0, 0.1) is 10.1 Å². The lowest BCUT2D eigenvalue weighted by Gasteiger charge is -2.20. The van der Waals surface area contributed by atoms with Gasteiger partial charge in [-0.3, -0.25) is 10.1 Å². The molecule has 0 amide bonds. The predicted octanol–water partition coefficient (Wildman–Crippen LogP) is 3.21. The van der Waals surface area contributed by atoms with E-state index >= 15 is 0 Å². The van der Waals surface area contributed by atoms with Gasteiger partial charge in [0.15, 0.2) is 0 Å². The van der Waals surface area contributed by atoms with E-state index < -0.39 is 0 Å². The first-order chi connectivity index (χ1) is 8.08. The lowest BCUT2D eigenvalue weighted by Crippen LogP contribution is -2.28. The third-order valence-electron chi connectivity index (χ3n) is 2.71. The highest BCUT2D eigenvalue weighted by molar-refractivity contribution is 5.35. The van der Waals surface area contributed by atoms with Crippen molar-refractivity contribution in [3.63, 3.8) is 0 Å². The SMILES string of the molecule is C=CC(C)NC(CC)c1cccc([N+](=O)[O-])c1. The van der Waals surface area contributed by atoms with Gasteiger partial charge in [-0.2, -0.15) is 0 Å². The summed E-state index contributed by atoms with van der Waals surface area (Å²) in [6, 6.07) is 7.05. The molecule has 0 aromatic heterocycles. The second-order valence-electron chi connectivity index (χ2n) is 4.00. The van der Waals surface area contributed by atoms with Crippen LogP contribution in [0.5, 0.6) is 0 Å². The quantitative estimate of drug-likeness (QED) is 0.467. The molecule has 0 spiro atoms. The number of hydrogen-bond acceptors (Lipinski definition) is 3. The van der Waals surface area contributed by atoms with Crippen LogP contribution in [0.4, 0.5) is 5.69 Å². The van der Waals surface area contributed by atoms with Gasteiger partial charge in [0.2, 0.25) is 0 Å². The molecule has 4 heteroatoms. The average molecular weight is 234 g/mol. The Hall–Kier alpha value is -1.68. The van der Waals surface area contributed by atoms with Crippen LogP contribution in [0.25, 0.3) is 0 Å². The zero-order chi connectivity index (χ0) is 12.8. The Labute approximate surface area is 101 Å². The molecule has 0 aliphatic carbocycles. The predicted molar refractivity (Wildman–Crippen MR) is 68.9 cm³/mol. The summed E-state index contributed by atoms with van der Waals surface area (Å²) in [5, 5.41) is 14.1. The number of nitrogens with zero attached hydrogens (tertiary/aromatic N) is 1. The van der Waals surface area contributed by atoms with Crippen LogP contribution >= 0.6 is 0 Å². The van der Waals surface area contributed by atoms with E-state index in [-0.39, 0.29) is 22.7 Å². The number of nitrogens with one attached hydrogen (secondary N) is 1. The molecule has 0 bridgehead atoms. The zero-order valence-electron chi connectivity index (χ0n) is 10.2.